The first-order valence-electron chi connectivity index (χ1n) is 9.33. The highest BCUT2D eigenvalue weighted by molar-refractivity contribution is 8.00. The molecule has 1 saturated heterocycles. The number of benzene rings is 3. The van der Waals surface area contributed by atoms with Crippen molar-refractivity contribution in [2.45, 2.75) is 10.3 Å². The first-order valence-corrected chi connectivity index (χ1v) is 11.9. The van der Waals surface area contributed by atoms with E-state index in [-0.39, 0.29) is 22.0 Å². The summed E-state index contributed by atoms with van der Waals surface area (Å²) < 4.78 is 46.1. The molecule has 1 fully saturated rings. The lowest BCUT2D eigenvalue weighted by molar-refractivity contribution is -0.115. The lowest BCUT2D eigenvalue weighted by atomic mass is 10.1. The summed E-state index contributed by atoms with van der Waals surface area (Å²) in [6.45, 7) is 0. The summed E-state index contributed by atoms with van der Waals surface area (Å²) >= 11 is 1.46. The minimum atomic E-state index is -3.75. The van der Waals surface area contributed by atoms with Crippen LogP contribution in [0.15, 0.2) is 77.7 Å². The Bertz CT molecular complexity index is 1180. The fraction of sp³-hybridized carbons (Fsp3) is 0.136. The smallest absolute Gasteiger partial charge is 0.261 e. The van der Waals surface area contributed by atoms with Gasteiger partial charge in [-0.25, -0.2) is 12.8 Å². The Labute approximate surface area is 184 Å². The molecule has 1 heterocycles. The Hall–Kier alpha value is -3.04. The number of hydrogen-bond acceptors (Lipinski definition) is 5. The molecule has 0 radical (unpaired) electrons. The quantitative estimate of drug-likeness (QED) is 0.592. The largest absolute Gasteiger partial charge is 0.497 e. The van der Waals surface area contributed by atoms with Gasteiger partial charge in [0.15, 0.2) is 0 Å². The van der Waals surface area contributed by atoms with Crippen molar-refractivity contribution in [3.8, 4) is 5.75 Å². The summed E-state index contributed by atoms with van der Waals surface area (Å²) in [6.07, 6.45) is 0. The highest BCUT2D eigenvalue weighted by atomic mass is 32.2. The Kier molecular flexibility index (Phi) is 5.88. The SMILES string of the molecule is COc1ccc(S(=O)(=O)Nc2ccc(C3SCC(=O)N3c3ccc(F)cc3)cc2)cc1. The van der Waals surface area contributed by atoms with Crippen molar-refractivity contribution >= 4 is 39.1 Å². The zero-order chi connectivity index (χ0) is 22.0. The third-order valence-corrected chi connectivity index (χ3v) is 7.40. The van der Waals surface area contributed by atoms with Crippen molar-refractivity contribution < 1.29 is 22.3 Å². The fourth-order valence-corrected chi connectivity index (χ4v) is 5.47. The van der Waals surface area contributed by atoms with Crippen LogP contribution >= 0.6 is 11.8 Å². The zero-order valence-electron chi connectivity index (χ0n) is 16.5. The predicted octanol–water partition coefficient (Wildman–Crippen LogP) is 4.41. The van der Waals surface area contributed by atoms with Crippen LogP contribution in [0.4, 0.5) is 15.8 Å². The van der Waals surface area contributed by atoms with Crippen molar-refractivity contribution in [1.29, 1.82) is 0 Å². The maximum atomic E-state index is 13.3. The Morgan fingerprint density at radius 1 is 1.00 bits per heavy atom. The van der Waals surface area contributed by atoms with Crippen molar-refractivity contribution in [3.05, 3.63) is 84.2 Å². The van der Waals surface area contributed by atoms with E-state index in [9.17, 15) is 17.6 Å². The summed E-state index contributed by atoms with van der Waals surface area (Å²) in [4.78, 5) is 14.2. The Morgan fingerprint density at radius 3 is 2.26 bits per heavy atom. The highest BCUT2D eigenvalue weighted by Gasteiger charge is 2.34. The number of carbonyl (C=O) groups is 1. The van der Waals surface area contributed by atoms with E-state index in [4.69, 9.17) is 4.74 Å². The maximum absolute atomic E-state index is 13.3. The Morgan fingerprint density at radius 2 is 1.65 bits per heavy atom. The van der Waals surface area contributed by atoms with Crippen LogP contribution < -0.4 is 14.4 Å². The van der Waals surface area contributed by atoms with Gasteiger partial charge >= 0.3 is 0 Å². The van der Waals surface area contributed by atoms with E-state index in [1.165, 1.54) is 43.1 Å². The number of ether oxygens (including phenoxy) is 1. The molecule has 6 nitrogen and oxygen atoms in total. The van der Waals surface area contributed by atoms with Gasteiger partial charge in [0.05, 0.1) is 17.8 Å². The molecule has 0 bridgehead atoms. The molecule has 0 aliphatic carbocycles. The second kappa shape index (κ2) is 8.60. The van der Waals surface area contributed by atoms with Gasteiger partial charge in [0.2, 0.25) is 5.91 Å². The van der Waals surface area contributed by atoms with E-state index in [0.717, 1.165) is 5.56 Å². The number of nitrogens with one attached hydrogen (secondary N) is 1. The molecule has 9 heteroatoms. The first kappa shape index (κ1) is 21.2. The van der Waals surface area contributed by atoms with Crippen LogP contribution in [0.3, 0.4) is 0 Å². The van der Waals surface area contributed by atoms with Gasteiger partial charge in [-0.05, 0) is 66.2 Å². The molecule has 1 unspecified atom stereocenters. The molecule has 1 N–H and O–H groups in total. The van der Waals surface area contributed by atoms with Crippen molar-refractivity contribution in [1.82, 2.24) is 0 Å². The minimum Gasteiger partial charge on any atom is -0.497 e. The van der Waals surface area contributed by atoms with Crippen LogP contribution in [-0.2, 0) is 14.8 Å². The second-order valence-corrected chi connectivity index (χ2v) is 9.56. The summed E-state index contributed by atoms with van der Waals surface area (Å²) in [5.41, 5.74) is 1.86. The standard InChI is InChI=1S/C22H19FN2O4S2/c1-29-19-10-12-20(13-11-19)31(27,28)24-17-6-2-15(3-7-17)22-25(21(26)14-30-22)18-8-4-16(23)5-9-18/h2-13,22,24H,14H2,1H3. The van der Waals surface area contributed by atoms with Crippen molar-refractivity contribution in [2.75, 3.05) is 22.5 Å². The molecule has 1 aliphatic heterocycles. The number of sulfonamides is 1. The lowest BCUT2D eigenvalue weighted by Gasteiger charge is -2.24. The maximum Gasteiger partial charge on any atom is 0.261 e. The number of thioether (sulfide) groups is 1. The molecule has 1 amide bonds. The van der Waals surface area contributed by atoms with Gasteiger partial charge in [0.1, 0.15) is 16.9 Å². The summed E-state index contributed by atoms with van der Waals surface area (Å²) in [7, 11) is -2.24. The summed E-state index contributed by atoms with van der Waals surface area (Å²) in [5.74, 6) is 0.449. The average Bonchev–Trinajstić information content (AvgIpc) is 3.16. The van der Waals surface area contributed by atoms with Crippen molar-refractivity contribution in [2.24, 2.45) is 0 Å². The molecule has 1 aliphatic rings. The second-order valence-electron chi connectivity index (χ2n) is 6.81. The van der Waals surface area contributed by atoms with E-state index in [0.29, 0.717) is 22.9 Å². The molecular formula is C22H19FN2O4S2. The average molecular weight is 459 g/mol. The van der Waals surface area contributed by atoms with Crippen LogP contribution in [0.25, 0.3) is 0 Å². The van der Waals surface area contributed by atoms with Gasteiger partial charge in [-0.2, -0.15) is 0 Å². The number of nitrogens with zero attached hydrogens (tertiary/aromatic N) is 1. The highest BCUT2D eigenvalue weighted by Crippen LogP contribution is 2.42. The first-order chi connectivity index (χ1) is 14.9. The molecule has 3 aromatic rings. The molecule has 0 spiro atoms. The van der Waals surface area contributed by atoms with Crippen LogP contribution in [0.5, 0.6) is 5.75 Å². The van der Waals surface area contributed by atoms with E-state index in [2.05, 4.69) is 4.72 Å². The van der Waals surface area contributed by atoms with Crippen LogP contribution in [0, 0.1) is 5.82 Å². The molecule has 0 aromatic heterocycles. The lowest BCUT2D eigenvalue weighted by Crippen LogP contribution is -2.27. The molecule has 3 aromatic carbocycles. The van der Waals surface area contributed by atoms with E-state index >= 15 is 0 Å². The molecule has 4 rings (SSSR count). The third-order valence-electron chi connectivity index (χ3n) is 4.79. The van der Waals surface area contributed by atoms with Gasteiger partial charge < -0.3 is 4.74 Å². The van der Waals surface area contributed by atoms with Crippen LogP contribution in [0.1, 0.15) is 10.9 Å². The van der Waals surface area contributed by atoms with Gasteiger partial charge in [-0.1, -0.05) is 12.1 Å². The Balaban J connectivity index is 1.53. The van der Waals surface area contributed by atoms with Crippen LogP contribution in [-0.4, -0.2) is 27.2 Å². The fourth-order valence-electron chi connectivity index (χ4n) is 3.24. The van der Waals surface area contributed by atoms with Gasteiger partial charge in [0.25, 0.3) is 10.0 Å². The van der Waals surface area contributed by atoms with E-state index < -0.39 is 10.0 Å². The van der Waals surface area contributed by atoms with Gasteiger partial charge in [-0.15, -0.1) is 11.8 Å². The number of methoxy groups -OCH3 is 1. The summed E-state index contributed by atoms with van der Waals surface area (Å²) in [6, 6.07) is 18.7. The van der Waals surface area contributed by atoms with E-state index in [1.54, 1.807) is 53.4 Å². The molecular weight excluding hydrogens is 439 g/mol. The number of carbonyl (C=O) groups excluding carboxylic acids is 1. The topological polar surface area (TPSA) is 75.7 Å². The zero-order valence-corrected chi connectivity index (χ0v) is 18.1. The van der Waals surface area contributed by atoms with Crippen molar-refractivity contribution in [3.63, 3.8) is 0 Å². The minimum absolute atomic E-state index is 0.0640. The normalized spacial score (nSPS) is 16.4. The number of anilines is 2. The predicted molar refractivity (Wildman–Crippen MR) is 119 cm³/mol. The number of amides is 1. The van der Waals surface area contributed by atoms with E-state index in [1.807, 2.05) is 0 Å². The number of halogens is 1. The molecule has 0 saturated carbocycles. The monoisotopic (exact) mass is 458 g/mol. The third kappa shape index (κ3) is 4.52. The molecule has 31 heavy (non-hydrogen) atoms. The molecule has 1 atom stereocenters. The van der Waals surface area contributed by atoms with Gasteiger partial charge in [0, 0.05) is 11.4 Å². The number of rotatable bonds is 6. The van der Waals surface area contributed by atoms with Crippen LogP contribution in [0.2, 0.25) is 0 Å². The van der Waals surface area contributed by atoms with Gasteiger partial charge in [-0.3, -0.25) is 14.4 Å². The molecule has 160 valence electrons. The summed E-state index contributed by atoms with van der Waals surface area (Å²) in [5, 5.41) is -0.273. The number of hydrogen-bond donors (Lipinski definition) is 1.